The van der Waals surface area contributed by atoms with Gasteiger partial charge >= 0.3 is 0 Å². The van der Waals surface area contributed by atoms with Crippen LogP contribution in [-0.4, -0.2) is 11.1 Å². The molecule has 1 aromatic heterocycles. The summed E-state index contributed by atoms with van der Waals surface area (Å²) in [5, 5.41) is 0. The van der Waals surface area contributed by atoms with Gasteiger partial charge in [0.15, 0.2) is 0 Å². The van der Waals surface area contributed by atoms with Gasteiger partial charge in [-0.15, -0.1) is 0 Å². The Balaban J connectivity index is 2.70. The third-order valence-electron chi connectivity index (χ3n) is 2.04. The minimum atomic E-state index is 0.177. The Morgan fingerprint density at radius 1 is 1.50 bits per heavy atom. The molecule has 0 aliphatic rings. The topological polar surface area (TPSA) is 48.1 Å². The number of aryl methyl sites for hydroxylation is 1. The van der Waals surface area contributed by atoms with Crippen molar-refractivity contribution in [3.63, 3.8) is 0 Å². The van der Waals surface area contributed by atoms with Gasteiger partial charge in [0.25, 0.3) is 0 Å². The largest absolute Gasteiger partial charge is 0.473 e. The van der Waals surface area contributed by atoms with Crippen molar-refractivity contribution in [3.05, 3.63) is 17.8 Å². The predicted molar refractivity (Wildman–Crippen MR) is 58.4 cm³/mol. The van der Waals surface area contributed by atoms with Crippen molar-refractivity contribution in [3.8, 4) is 5.88 Å². The third kappa shape index (κ3) is 2.91. The van der Waals surface area contributed by atoms with Gasteiger partial charge in [-0.1, -0.05) is 13.3 Å². The fourth-order valence-electron chi connectivity index (χ4n) is 1.29. The van der Waals surface area contributed by atoms with Crippen molar-refractivity contribution in [2.75, 3.05) is 5.73 Å². The Labute approximate surface area is 85.3 Å². The van der Waals surface area contributed by atoms with Crippen molar-refractivity contribution in [2.45, 2.75) is 39.7 Å². The zero-order valence-corrected chi connectivity index (χ0v) is 9.08. The average Bonchev–Trinajstić information content (AvgIpc) is 2.12. The van der Waals surface area contributed by atoms with Crippen LogP contribution in [0.15, 0.2) is 12.1 Å². The molecule has 1 heterocycles. The van der Waals surface area contributed by atoms with E-state index in [1.165, 1.54) is 0 Å². The molecule has 3 heteroatoms. The molecule has 1 unspecified atom stereocenters. The SMILES string of the molecule is CCCC(C)Oc1nc(C)ccc1N. The second-order valence-electron chi connectivity index (χ2n) is 3.56. The first-order valence-electron chi connectivity index (χ1n) is 5.03. The summed E-state index contributed by atoms with van der Waals surface area (Å²) in [4.78, 5) is 4.25. The number of nitrogens with zero attached hydrogens (tertiary/aromatic N) is 1. The molecular weight excluding hydrogens is 176 g/mol. The second-order valence-corrected chi connectivity index (χ2v) is 3.56. The predicted octanol–water partition coefficient (Wildman–Crippen LogP) is 2.54. The van der Waals surface area contributed by atoms with E-state index in [-0.39, 0.29) is 6.10 Å². The fraction of sp³-hybridized carbons (Fsp3) is 0.545. The van der Waals surface area contributed by atoms with E-state index in [9.17, 15) is 0 Å². The summed E-state index contributed by atoms with van der Waals surface area (Å²) in [6.45, 7) is 6.09. The fourth-order valence-corrected chi connectivity index (χ4v) is 1.29. The number of nitrogens with two attached hydrogens (primary N) is 1. The maximum Gasteiger partial charge on any atom is 0.237 e. The monoisotopic (exact) mass is 194 g/mol. The smallest absolute Gasteiger partial charge is 0.237 e. The molecule has 0 radical (unpaired) electrons. The molecule has 1 aromatic rings. The lowest BCUT2D eigenvalue weighted by Gasteiger charge is -2.14. The summed E-state index contributed by atoms with van der Waals surface area (Å²) < 4.78 is 5.63. The molecular formula is C11H18N2O. The van der Waals surface area contributed by atoms with Crippen molar-refractivity contribution < 1.29 is 4.74 Å². The third-order valence-corrected chi connectivity index (χ3v) is 2.04. The number of rotatable bonds is 4. The molecule has 14 heavy (non-hydrogen) atoms. The highest BCUT2D eigenvalue weighted by molar-refractivity contribution is 5.48. The Kier molecular flexibility index (Phi) is 3.74. The van der Waals surface area contributed by atoms with Gasteiger partial charge in [-0.2, -0.15) is 0 Å². The molecule has 78 valence electrons. The Morgan fingerprint density at radius 3 is 2.86 bits per heavy atom. The molecule has 0 aliphatic carbocycles. The van der Waals surface area contributed by atoms with Crippen LogP contribution in [0.3, 0.4) is 0 Å². The van der Waals surface area contributed by atoms with E-state index in [1.807, 2.05) is 26.0 Å². The zero-order chi connectivity index (χ0) is 10.6. The van der Waals surface area contributed by atoms with Crippen LogP contribution in [0.25, 0.3) is 0 Å². The molecule has 1 atom stereocenters. The number of ether oxygens (including phenoxy) is 1. The maximum atomic E-state index is 5.75. The first kappa shape index (κ1) is 10.8. The zero-order valence-electron chi connectivity index (χ0n) is 9.08. The number of pyridine rings is 1. The molecule has 0 fully saturated rings. The van der Waals surface area contributed by atoms with Gasteiger partial charge in [0.05, 0.1) is 11.8 Å². The van der Waals surface area contributed by atoms with Crippen molar-refractivity contribution >= 4 is 5.69 Å². The minimum absolute atomic E-state index is 0.177. The van der Waals surface area contributed by atoms with Gasteiger partial charge in [0, 0.05) is 5.69 Å². The van der Waals surface area contributed by atoms with E-state index < -0.39 is 0 Å². The molecule has 0 saturated carbocycles. The molecule has 1 rings (SSSR count). The highest BCUT2D eigenvalue weighted by Crippen LogP contribution is 2.20. The van der Waals surface area contributed by atoms with Crippen molar-refractivity contribution in [1.29, 1.82) is 0 Å². The molecule has 0 bridgehead atoms. The first-order chi connectivity index (χ1) is 6.63. The highest BCUT2D eigenvalue weighted by atomic mass is 16.5. The lowest BCUT2D eigenvalue weighted by molar-refractivity contribution is 0.202. The summed E-state index contributed by atoms with van der Waals surface area (Å²) >= 11 is 0. The van der Waals surface area contributed by atoms with Crippen LogP contribution >= 0.6 is 0 Å². The number of hydrogen-bond acceptors (Lipinski definition) is 3. The molecule has 2 N–H and O–H groups in total. The van der Waals surface area contributed by atoms with Crippen molar-refractivity contribution in [1.82, 2.24) is 4.98 Å². The number of aromatic nitrogens is 1. The van der Waals surface area contributed by atoms with Gasteiger partial charge in [0.1, 0.15) is 0 Å². The van der Waals surface area contributed by atoms with Gasteiger partial charge in [0.2, 0.25) is 5.88 Å². The van der Waals surface area contributed by atoms with E-state index in [0.29, 0.717) is 11.6 Å². The standard InChI is InChI=1S/C11H18N2O/c1-4-5-9(3)14-11-10(12)7-6-8(2)13-11/h6-7,9H,4-5,12H2,1-3H3. The normalized spacial score (nSPS) is 12.5. The van der Waals surface area contributed by atoms with Crippen LogP contribution < -0.4 is 10.5 Å². The molecule has 3 nitrogen and oxygen atoms in total. The molecule has 0 aromatic carbocycles. The minimum Gasteiger partial charge on any atom is -0.473 e. The van der Waals surface area contributed by atoms with Gasteiger partial charge in [-0.25, -0.2) is 4.98 Å². The van der Waals surface area contributed by atoms with E-state index in [4.69, 9.17) is 10.5 Å². The van der Waals surface area contributed by atoms with Crippen LogP contribution in [0.5, 0.6) is 5.88 Å². The quantitative estimate of drug-likeness (QED) is 0.801. The molecule has 0 saturated heterocycles. The second kappa shape index (κ2) is 4.84. The number of nitrogen functional groups attached to an aromatic ring is 1. The lowest BCUT2D eigenvalue weighted by atomic mass is 10.2. The van der Waals surface area contributed by atoms with Gasteiger partial charge in [-0.3, -0.25) is 0 Å². The maximum absolute atomic E-state index is 5.75. The number of hydrogen-bond donors (Lipinski definition) is 1. The van der Waals surface area contributed by atoms with Crippen LogP contribution in [0.2, 0.25) is 0 Å². The van der Waals surface area contributed by atoms with E-state index in [2.05, 4.69) is 11.9 Å². The Morgan fingerprint density at radius 2 is 2.21 bits per heavy atom. The molecule has 0 spiro atoms. The van der Waals surface area contributed by atoms with Crippen molar-refractivity contribution in [2.24, 2.45) is 0 Å². The first-order valence-corrected chi connectivity index (χ1v) is 5.03. The van der Waals surface area contributed by atoms with Crippen LogP contribution in [0, 0.1) is 6.92 Å². The summed E-state index contributed by atoms with van der Waals surface area (Å²) in [5.74, 6) is 0.561. The summed E-state index contributed by atoms with van der Waals surface area (Å²) in [6, 6.07) is 3.71. The van der Waals surface area contributed by atoms with E-state index in [0.717, 1.165) is 18.5 Å². The summed E-state index contributed by atoms with van der Waals surface area (Å²) in [7, 11) is 0. The summed E-state index contributed by atoms with van der Waals surface area (Å²) in [5.41, 5.74) is 7.28. The Hall–Kier alpha value is -1.25. The average molecular weight is 194 g/mol. The van der Waals surface area contributed by atoms with Gasteiger partial charge < -0.3 is 10.5 Å². The lowest BCUT2D eigenvalue weighted by Crippen LogP contribution is -2.13. The van der Waals surface area contributed by atoms with E-state index >= 15 is 0 Å². The van der Waals surface area contributed by atoms with Gasteiger partial charge in [-0.05, 0) is 32.4 Å². The van der Waals surface area contributed by atoms with Crippen LogP contribution in [0.1, 0.15) is 32.4 Å². The Bertz CT molecular complexity index is 299. The van der Waals surface area contributed by atoms with Crippen LogP contribution in [0.4, 0.5) is 5.69 Å². The molecule has 0 aliphatic heterocycles. The highest BCUT2D eigenvalue weighted by Gasteiger charge is 2.07. The van der Waals surface area contributed by atoms with E-state index in [1.54, 1.807) is 0 Å². The molecule has 0 amide bonds. The summed E-state index contributed by atoms with van der Waals surface area (Å²) in [6.07, 6.45) is 2.30. The number of anilines is 1. The van der Waals surface area contributed by atoms with Crippen LogP contribution in [-0.2, 0) is 0 Å².